The van der Waals surface area contributed by atoms with Crippen LogP contribution in [0, 0.1) is 0 Å². The predicted molar refractivity (Wildman–Crippen MR) is 220 cm³/mol. The molecular weight excluding hydrogens is 880 g/mol. The van der Waals surface area contributed by atoms with E-state index in [1.165, 1.54) is 68.8 Å². The van der Waals surface area contributed by atoms with Crippen LogP contribution >= 0.6 is 0 Å². The first-order chi connectivity index (χ1) is 26.8. The second-order valence-electron chi connectivity index (χ2n) is 11.8. The van der Waals surface area contributed by atoms with Crippen LogP contribution in [0.1, 0.15) is 10.4 Å². The van der Waals surface area contributed by atoms with Gasteiger partial charge in [0.25, 0.3) is 36.3 Å². The Labute approximate surface area is 408 Å². The molecule has 0 unspecified atom stereocenters. The summed E-state index contributed by atoms with van der Waals surface area (Å²) in [4.78, 5) is 11.2. The normalized spacial score (nSPS) is 11.8. The van der Waals surface area contributed by atoms with Crippen LogP contribution in [0.15, 0.2) is 126 Å². The fourth-order valence-corrected chi connectivity index (χ4v) is 7.15. The van der Waals surface area contributed by atoms with E-state index in [1.807, 2.05) is 0 Å². The van der Waals surface area contributed by atoms with Gasteiger partial charge in [-0.05, 0) is 60.0 Å². The van der Waals surface area contributed by atoms with Gasteiger partial charge < -0.3 is 25.0 Å². The van der Waals surface area contributed by atoms with Gasteiger partial charge in [-0.2, -0.15) is 25.3 Å². The minimum Gasteiger partial charge on any atom is -0.506 e. The Bertz CT molecular complexity index is 3050. The second kappa shape index (κ2) is 20.1. The molecule has 6 aromatic carbocycles. The molecule has 25 heteroatoms. The number of fused-ring (bicyclic) bond motifs is 2. The number of carbonyl (C=O) groups is 1. The topological polar surface area (TPSA) is 301 Å². The average Bonchev–Trinajstić information content (AvgIpc) is 3.15. The third kappa shape index (κ3) is 11.1. The van der Waals surface area contributed by atoms with Crippen LogP contribution in [-0.2, 0) is 30.4 Å². The zero-order valence-corrected chi connectivity index (χ0v) is 40.5. The Kier molecular flexibility index (Phi) is 17.0. The first-order valence-electron chi connectivity index (χ1n) is 15.8. The Balaban J connectivity index is 0.00000320. The summed E-state index contributed by atoms with van der Waals surface area (Å²) in [7, 11) is -11.7. The molecular formula is C35H27N5Na3O14S3. The summed E-state index contributed by atoms with van der Waals surface area (Å²) in [6.07, 6.45) is 0. The number of azo groups is 2. The SMILES string of the molecule is COc1cc(N=Nc2c(O)ccc3ccc(S(=O)(=O)O)cc23)c(OC)cc1N=Nc1c(S(=O)(=O)O)cc2c(NC(=O)c3ccc(S(=O)(=O)O)cc3)cccc2c1O.[Na].[Na].[Na]. The standard InChI is InChI=1S/C35H27N5O14S3.3Na/c1-53-29-17-27(30(54-2)16-26(29)37-39-32-23-14-21(56(47,48)49)12-6-18(23)9-13-28(32)41)38-40-33-31(57(50,51)52)15-24-22(34(33)42)4-3-5-25(24)36-35(43)19-7-10-20(11-8-19)55(44,45)46;;;/h3-17,41-42H,1-2H3,(H,36,43)(H,44,45,46)(H,47,48,49)(H,50,51,52);;;. The van der Waals surface area contributed by atoms with Crippen LogP contribution in [0.5, 0.6) is 23.0 Å². The van der Waals surface area contributed by atoms with Gasteiger partial charge in [-0.3, -0.25) is 18.5 Å². The summed E-state index contributed by atoms with van der Waals surface area (Å²) in [5, 5.41) is 41.1. The zero-order chi connectivity index (χ0) is 41.4. The van der Waals surface area contributed by atoms with Crippen molar-refractivity contribution in [1.29, 1.82) is 0 Å². The van der Waals surface area contributed by atoms with Crippen LogP contribution in [0.2, 0.25) is 0 Å². The molecule has 0 fully saturated rings. The smallest absolute Gasteiger partial charge is 0.296 e. The van der Waals surface area contributed by atoms with Gasteiger partial charge in [-0.15, -0.1) is 20.5 Å². The molecule has 0 saturated heterocycles. The molecule has 0 saturated carbocycles. The number of phenols is 2. The number of phenolic OH excluding ortho intramolecular Hbond substituents is 2. The number of carbonyl (C=O) groups excluding carboxylic acids is 1. The van der Waals surface area contributed by atoms with Crippen LogP contribution in [0.4, 0.5) is 28.4 Å². The molecule has 3 radical (unpaired) electrons. The van der Waals surface area contributed by atoms with Crippen LogP contribution < -0.4 is 14.8 Å². The van der Waals surface area contributed by atoms with Gasteiger partial charge in [-0.1, -0.05) is 24.3 Å². The van der Waals surface area contributed by atoms with Gasteiger partial charge in [0.1, 0.15) is 44.9 Å². The van der Waals surface area contributed by atoms with E-state index < -0.39 is 62.4 Å². The zero-order valence-electron chi connectivity index (χ0n) is 32.1. The van der Waals surface area contributed by atoms with E-state index >= 15 is 0 Å². The summed E-state index contributed by atoms with van der Waals surface area (Å²) in [6.45, 7) is 0. The molecule has 0 spiro atoms. The number of hydrogen-bond donors (Lipinski definition) is 6. The van der Waals surface area contributed by atoms with Gasteiger partial charge in [0.2, 0.25) is 0 Å². The van der Waals surface area contributed by atoms with E-state index in [-0.39, 0.29) is 150 Å². The number of amides is 1. The molecule has 6 N–H and O–H groups in total. The quantitative estimate of drug-likeness (QED) is 0.0486. The summed E-state index contributed by atoms with van der Waals surface area (Å²) in [5.41, 5.74) is -0.999. The van der Waals surface area contributed by atoms with Crippen LogP contribution in [-0.4, -0.2) is 158 Å². The van der Waals surface area contributed by atoms with Gasteiger partial charge >= 0.3 is 0 Å². The fraction of sp³-hybridized carbons (Fsp3) is 0.0571. The fourth-order valence-electron chi connectivity index (χ4n) is 5.51. The maximum atomic E-state index is 13.0. The second-order valence-corrected chi connectivity index (χ2v) is 16.0. The van der Waals surface area contributed by atoms with E-state index in [2.05, 4.69) is 25.8 Å². The molecule has 60 heavy (non-hydrogen) atoms. The third-order valence-corrected chi connectivity index (χ3v) is 10.9. The Morgan fingerprint density at radius 3 is 1.65 bits per heavy atom. The molecule has 0 aliphatic carbocycles. The van der Waals surface area contributed by atoms with Crippen molar-refractivity contribution in [3.05, 3.63) is 96.6 Å². The molecule has 19 nitrogen and oxygen atoms in total. The molecule has 6 rings (SSSR count). The number of methoxy groups -OCH3 is 2. The van der Waals surface area contributed by atoms with Crippen molar-refractivity contribution >= 4 is 175 Å². The van der Waals surface area contributed by atoms with E-state index in [1.54, 1.807) is 0 Å². The predicted octanol–water partition coefficient (Wildman–Crippen LogP) is 6.10. The maximum Gasteiger partial charge on any atom is 0.296 e. The maximum absolute atomic E-state index is 13.0. The van der Waals surface area contributed by atoms with E-state index in [9.17, 15) is 53.9 Å². The molecule has 297 valence electrons. The summed E-state index contributed by atoms with van der Waals surface area (Å²) in [5.74, 6) is -1.95. The molecule has 6 aromatic rings. The number of anilines is 1. The number of nitrogens with one attached hydrogen (secondary N) is 1. The molecule has 0 aliphatic rings. The van der Waals surface area contributed by atoms with Gasteiger partial charge in [0, 0.05) is 128 Å². The molecule has 0 aliphatic heterocycles. The summed E-state index contributed by atoms with van der Waals surface area (Å²) < 4.78 is 111. The van der Waals surface area contributed by atoms with Crippen molar-refractivity contribution in [3.8, 4) is 23.0 Å². The molecule has 0 aromatic heterocycles. The Hall–Kier alpha value is -3.56. The molecule has 0 heterocycles. The van der Waals surface area contributed by atoms with E-state index in [4.69, 9.17) is 9.47 Å². The number of benzene rings is 6. The molecule has 0 bridgehead atoms. The van der Waals surface area contributed by atoms with Crippen molar-refractivity contribution in [1.82, 2.24) is 0 Å². The van der Waals surface area contributed by atoms with E-state index in [0.717, 1.165) is 36.4 Å². The van der Waals surface area contributed by atoms with Crippen molar-refractivity contribution in [2.24, 2.45) is 20.5 Å². The first-order valence-corrected chi connectivity index (χ1v) is 20.1. The summed E-state index contributed by atoms with van der Waals surface area (Å²) >= 11 is 0. The molecule has 0 atom stereocenters. The van der Waals surface area contributed by atoms with Gasteiger partial charge in [0.15, 0.2) is 5.75 Å². The summed E-state index contributed by atoms with van der Waals surface area (Å²) in [6, 6.07) is 18.4. The monoisotopic (exact) mass is 906 g/mol. The number of ether oxygens (including phenoxy) is 2. The van der Waals surface area contributed by atoms with Crippen molar-refractivity contribution < 1.29 is 63.4 Å². The van der Waals surface area contributed by atoms with Crippen molar-refractivity contribution in [2.75, 3.05) is 19.5 Å². The molecule has 1 amide bonds. The minimum absolute atomic E-state index is 0. The van der Waals surface area contributed by atoms with Crippen molar-refractivity contribution in [2.45, 2.75) is 14.7 Å². The Morgan fingerprint density at radius 1 is 0.583 bits per heavy atom. The number of rotatable bonds is 11. The van der Waals surface area contributed by atoms with Crippen LogP contribution in [0.3, 0.4) is 0 Å². The Morgan fingerprint density at radius 2 is 1.12 bits per heavy atom. The first kappa shape index (κ1) is 50.8. The third-order valence-electron chi connectivity index (χ3n) is 8.27. The minimum atomic E-state index is -5.13. The van der Waals surface area contributed by atoms with Crippen LogP contribution in [0.25, 0.3) is 21.5 Å². The number of nitrogens with zero attached hydrogens (tertiary/aromatic N) is 4. The van der Waals surface area contributed by atoms with Gasteiger partial charge in [-0.25, -0.2) is 0 Å². The largest absolute Gasteiger partial charge is 0.506 e. The number of aromatic hydroxyl groups is 2. The van der Waals surface area contributed by atoms with E-state index in [0.29, 0.717) is 5.39 Å². The van der Waals surface area contributed by atoms with Gasteiger partial charge in [0.05, 0.1) is 24.0 Å². The average molecular weight is 907 g/mol. The number of hydrogen-bond acceptors (Lipinski definition) is 15. The van der Waals surface area contributed by atoms with Crippen molar-refractivity contribution in [3.63, 3.8) is 0 Å².